The molecule has 1 rings (SSSR count). The van der Waals surface area contributed by atoms with Crippen molar-refractivity contribution < 1.29 is 27.6 Å². The highest BCUT2D eigenvalue weighted by atomic mass is 19.4. The third kappa shape index (κ3) is 4.69. The van der Waals surface area contributed by atoms with Crippen LogP contribution in [0.4, 0.5) is 13.2 Å². The number of amides is 3. The van der Waals surface area contributed by atoms with Crippen LogP contribution in [-0.4, -0.2) is 30.8 Å². The van der Waals surface area contributed by atoms with E-state index in [2.05, 4.69) is 10.6 Å². The molecule has 1 aromatic rings. The highest BCUT2D eigenvalue weighted by Crippen LogP contribution is 2.32. The van der Waals surface area contributed by atoms with E-state index in [1.165, 1.54) is 13.0 Å². The lowest BCUT2D eigenvalue weighted by atomic mass is 9.89. The van der Waals surface area contributed by atoms with Gasteiger partial charge < -0.3 is 22.1 Å². The highest BCUT2D eigenvalue weighted by molar-refractivity contribution is 5.93. The molecule has 0 aliphatic rings. The predicted molar refractivity (Wildman–Crippen MR) is 78.2 cm³/mol. The minimum absolute atomic E-state index is 0.136. The van der Waals surface area contributed by atoms with Crippen LogP contribution < -0.4 is 22.1 Å². The van der Waals surface area contributed by atoms with Crippen LogP contribution in [-0.2, 0) is 26.1 Å². The van der Waals surface area contributed by atoms with Crippen molar-refractivity contribution in [2.75, 3.05) is 13.1 Å². The molecule has 0 fully saturated rings. The normalized spacial score (nSPS) is 13.7. The van der Waals surface area contributed by atoms with Gasteiger partial charge in [0.25, 0.3) is 0 Å². The maximum absolute atomic E-state index is 12.8. The summed E-state index contributed by atoms with van der Waals surface area (Å²) >= 11 is 0. The minimum atomic E-state index is -4.62. The lowest BCUT2D eigenvalue weighted by Crippen LogP contribution is -2.55. The largest absolute Gasteiger partial charge is 0.416 e. The highest BCUT2D eigenvalue weighted by Gasteiger charge is 2.37. The Morgan fingerprint density at radius 2 is 1.71 bits per heavy atom. The molecule has 0 saturated heterocycles. The van der Waals surface area contributed by atoms with E-state index in [-0.39, 0.29) is 12.1 Å². The predicted octanol–water partition coefficient (Wildman–Crippen LogP) is -0.403. The van der Waals surface area contributed by atoms with E-state index in [0.717, 1.165) is 18.2 Å². The van der Waals surface area contributed by atoms with Gasteiger partial charge in [0.1, 0.15) is 5.54 Å². The molecule has 0 saturated carbocycles. The van der Waals surface area contributed by atoms with Crippen LogP contribution in [0.1, 0.15) is 18.1 Å². The molecule has 0 radical (unpaired) electrons. The van der Waals surface area contributed by atoms with Crippen molar-refractivity contribution in [3.8, 4) is 0 Å². The zero-order chi connectivity index (χ0) is 18.5. The third-order valence-electron chi connectivity index (χ3n) is 3.28. The molecule has 0 aliphatic heterocycles. The van der Waals surface area contributed by atoms with Crippen molar-refractivity contribution in [3.05, 3.63) is 35.4 Å². The first-order valence-corrected chi connectivity index (χ1v) is 6.76. The summed E-state index contributed by atoms with van der Waals surface area (Å²) in [5.41, 5.74) is 7.30. The van der Waals surface area contributed by atoms with Crippen LogP contribution in [0.2, 0.25) is 0 Å². The molecule has 0 bridgehead atoms. The van der Waals surface area contributed by atoms with Crippen molar-refractivity contribution in [1.82, 2.24) is 10.6 Å². The molecule has 10 heteroatoms. The van der Waals surface area contributed by atoms with Gasteiger partial charge in [-0.2, -0.15) is 13.2 Å². The molecule has 0 aliphatic carbocycles. The molecule has 7 nitrogen and oxygen atoms in total. The zero-order valence-electron chi connectivity index (χ0n) is 12.7. The Hall–Kier alpha value is -2.62. The maximum atomic E-state index is 12.8. The Kier molecular flexibility index (Phi) is 5.91. The average molecular weight is 346 g/mol. The molecule has 132 valence electrons. The first-order chi connectivity index (χ1) is 11.0. The summed E-state index contributed by atoms with van der Waals surface area (Å²) < 4.78 is 38.4. The van der Waals surface area contributed by atoms with Crippen LogP contribution in [0, 0.1) is 0 Å². The van der Waals surface area contributed by atoms with Gasteiger partial charge >= 0.3 is 6.18 Å². The number of benzene rings is 1. The second kappa shape index (κ2) is 7.30. The van der Waals surface area contributed by atoms with Gasteiger partial charge in [-0.15, -0.1) is 0 Å². The molecule has 1 unspecified atom stereocenters. The van der Waals surface area contributed by atoms with E-state index >= 15 is 0 Å². The summed E-state index contributed by atoms with van der Waals surface area (Å²) in [6.45, 7) is 0.333. The molecule has 1 atom stereocenters. The molecule has 6 N–H and O–H groups in total. The van der Waals surface area contributed by atoms with Gasteiger partial charge in [0.05, 0.1) is 18.7 Å². The van der Waals surface area contributed by atoms with E-state index in [1.807, 2.05) is 0 Å². The van der Waals surface area contributed by atoms with E-state index in [0.29, 0.717) is 0 Å². The Balaban J connectivity index is 3.06. The average Bonchev–Trinajstić information content (AvgIpc) is 2.51. The van der Waals surface area contributed by atoms with Gasteiger partial charge in [-0.05, 0) is 24.6 Å². The number of nitrogens with two attached hydrogens (primary N) is 2. The van der Waals surface area contributed by atoms with E-state index in [1.54, 1.807) is 0 Å². The summed E-state index contributed by atoms with van der Waals surface area (Å²) in [6.07, 6.45) is -4.62. The summed E-state index contributed by atoms with van der Waals surface area (Å²) in [6, 6.07) is 3.89. The molecule has 24 heavy (non-hydrogen) atoms. The van der Waals surface area contributed by atoms with Crippen LogP contribution in [0.3, 0.4) is 0 Å². The molecule has 3 amide bonds. The van der Waals surface area contributed by atoms with Gasteiger partial charge in [0.2, 0.25) is 17.7 Å². The van der Waals surface area contributed by atoms with Crippen molar-refractivity contribution >= 4 is 17.7 Å². The van der Waals surface area contributed by atoms with Crippen LogP contribution in [0.25, 0.3) is 0 Å². The SMILES string of the molecule is CC(NC(=O)CNC(=O)CN)(C(N)=O)c1cccc(C(F)(F)F)c1. The standard InChI is InChI=1S/C14H17F3N4O3/c1-13(12(19)24,21-11(23)7-20-10(22)6-18)8-3-2-4-9(5-8)14(15,16)17/h2-5H,6-7,18H2,1H3,(H2,19,24)(H,20,22)(H,21,23). The van der Waals surface area contributed by atoms with E-state index in [4.69, 9.17) is 11.5 Å². The fraction of sp³-hybridized carbons (Fsp3) is 0.357. The Morgan fingerprint density at radius 3 is 2.21 bits per heavy atom. The van der Waals surface area contributed by atoms with Gasteiger partial charge in [-0.3, -0.25) is 14.4 Å². The number of hydrogen-bond acceptors (Lipinski definition) is 4. The third-order valence-corrected chi connectivity index (χ3v) is 3.28. The Labute approximate surface area is 135 Å². The summed E-state index contributed by atoms with van der Waals surface area (Å²) in [7, 11) is 0. The molecule has 0 heterocycles. The summed E-state index contributed by atoms with van der Waals surface area (Å²) in [5.74, 6) is -2.47. The number of carbonyl (C=O) groups excluding carboxylic acids is 3. The van der Waals surface area contributed by atoms with Crippen molar-refractivity contribution in [2.45, 2.75) is 18.6 Å². The summed E-state index contributed by atoms with van der Waals surface area (Å²) in [5, 5.41) is 4.40. The quantitative estimate of drug-likeness (QED) is 0.559. The Bertz CT molecular complexity index is 648. The number of alkyl halides is 3. The van der Waals surface area contributed by atoms with E-state index < -0.39 is 41.5 Å². The number of halogens is 3. The molecular formula is C14H17F3N4O3. The number of hydrogen-bond donors (Lipinski definition) is 4. The van der Waals surface area contributed by atoms with E-state index in [9.17, 15) is 27.6 Å². The topological polar surface area (TPSA) is 127 Å². The number of nitrogens with one attached hydrogen (secondary N) is 2. The number of rotatable bonds is 6. The van der Waals surface area contributed by atoms with Gasteiger partial charge in [0, 0.05) is 0 Å². The van der Waals surface area contributed by atoms with Gasteiger partial charge in [-0.1, -0.05) is 12.1 Å². The molecule has 1 aromatic carbocycles. The van der Waals surface area contributed by atoms with Crippen molar-refractivity contribution in [3.63, 3.8) is 0 Å². The van der Waals surface area contributed by atoms with Crippen LogP contribution >= 0.6 is 0 Å². The van der Waals surface area contributed by atoms with Crippen molar-refractivity contribution in [2.24, 2.45) is 11.5 Å². The van der Waals surface area contributed by atoms with Crippen LogP contribution in [0.15, 0.2) is 24.3 Å². The van der Waals surface area contributed by atoms with Gasteiger partial charge in [0.15, 0.2) is 0 Å². The monoisotopic (exact) mass is 346 g/mol. The maximum Gasteiger partial charge on any atom is 0.416 e. The first kappa shape index (κ1) is 19.4. The second-order valence-corrected chi connectivity index (χ2v) is 5.10. The van der Waals surface area contributed by atoms with Crippen molar-refractivity contribution in [1.29, 1.82) is 0 Å². The van der Waals surface area contributed by atoms with Gasteiger partial charge in [-0.25, -0.2) is 0 Å². The molecular weight excluding hydrogens is 329 g/mol. The summed E-state index contributed by atoms with van der Waals surface area (Å²) in [4.78, 5) is 34.6. The molecule has 0 aromatic heterocycles. The lowest BCUT2D eigenvalue weighted by molar-refractivity contribution is -0.138. The molecule has 0 spiro atoms. The fourth-order valence-corrected chi connectivity index (χ4v) is 1.86. The second-order valence-electron chi connectivity index (χ2n) is 5.10. The first-order valence-electron chi connectivity index (χ1n) is 6.76. The van der Waals surface area contributed by atoms with Crippen LogP contribution in [0.5, 0.6) is 0 Å². The number of primary amides is 1. The lowest BCUT2D eigenvalue weighted by Gasteiger charge is -2.28. The smallest absolute Gasteiger partial charge is 0.367 e. The Morgan fingerprint density at radius 1 is 1.12 bits per heavy atom. The fourth-order valence-electron chi connectivity index (χ4n) is 1.86. The minimum Gasteiger partial charge on any atom is -0.367 e. The number of carbonyl (C=O) groups is 3. The zero-order valence-corrected chi connectivity index (χ0v) is 12.7.